The van der Waals surface area contributed by atoms with Gasteiger partial charge in [-0.15, -0.1) is 0 Å². The Bertz CT molecular complexity index is 206. The zero-order valence-electron chi connectivity index (χ0n) is 14.2. The molecule has 0 aliphatic heterocycles. The number of hydrogen-bond donors (Lipinski definition) is 2. The number of hydrogen-bond acceptors (Lipinski definition) is 6. The van der Waals surface area contributed by atoms with Crippen molar-refractivity contribution in [2.24, 2.45) is 0 Å². The van der Waals surface area contributed by atoms with Crippen molar-refractivity contribution >= 4 is 14.7 Å². The molecule has 0 saturated carbocycles. The van der Waals surface area contributed by atoms with Crippen molar-refractivity contribution < 1.29 is 50.8 Å². The van der Waals surface area contributed by atoms with Crippen LogP contribution in [0, 0.1) is 0 Å². The van der Waals surface area contributed by atoms with Gasteiger partial charge >= 0.3 is 21.7 Å². The fraction of sp³-hybridized carbons (Fsp3) is 1.00. The standard InChI is InChI=1S/2C4H10O.2C2H7O2P.Ti/c2*1-2-3-4-5;2*1-5(2,3)4;/h2*5H,2-4H2,1H3;2*1-2H3,(H,3,4);/q;;;;+2/p-2. The van der Waals surface area contributed by atoms with E-state index in [-0.39, 0.29) is 21.7 Å². The molecule has 0 aromatic rings. The molecular weight excluding hydrogens is 350 g/mol. The minimum absolute atomic E-state index is 0. The molecule has 0 bridgehead atoms. The average molecular weight is 382 g/mol. The number of aliphatic hydroxyl groups is 2. The summed E-state index contributed by atoms with van der Waals surface area (Å²) in [5.41, 5.74) is 0. The van der Waals surface area contributed by atoms with Gasteiger partial charge in [0.1, 0.15) is 0 Å². The molecule has 0 aromatic carbocycles. The summed E-state index contributed by atoms with van der Waals surface area (Å²) in [5.74, 6) is 0. The molecule has 0 saturated heterocycles. The third-order valence-electron chi connectivity index (χ3n) is 1.02. The number of aliphatic hydroxyl groups excluding tert-OH is 2. The van der Waals surface area contributed by atoms with Gasteiger partial charge in [-0.3, -0.25) is 0 Å². The molecule has 6 nitrogen and oxygen atoms in total. The van der Waals surface area contributed by atoms with Crippen molar-refractivity contribution in [1.82, 2.24) is 0 Å². The maximum Gasteiger partial charge on any atom is 2.00 e. The molecule has 0 rings (SSSR count). The van der Waals surface area contributed by atoms with Crippen molar-refractivity contribution in [2.45, 2.75) is 39.5 Å². The average Bonchev–Trinajstić information content (AvgIpc) is 2.15. The van der Waals surface area contributed by atoms with E-state index in [1.807, 2.05) is 0 Å². The van der Waals surface area contributed by atoms with Crippen molar-refractivity contribution in [3.8, 4) is 0 Å². The summed E-state index contributed by atoms with van der Waals surface area (Å²) >= 11 is 0. The van der Waals surface area contributed by atoms with Gasteiger partial charge in [-0.2, -0.15) is 0 Å². The van der Waals surface area contributed by atoms with Gasteiger partial charge in [-0.25, -0.2) is 0 Å². The second-order valence-corrected chi connectivity index (χ2v) is 9.67. The quantitative estimate of drug-likeness (QED) is 0.559. The first-order valence-corrected chi connectivity index (χ1v) is 11.6. The summed E-state index contributed by atoms with van der Waals surface area (Å²) in [6, 6.07) is 0. The molecule has 0 aliphatic carbocycles. The topological polar surface area (TPSA) is 121 Å². The first kappa shape index (κ1) is 33.6. The van der Waals surface area contributed by atoms with Gasteiger partial charge in [0, 0.05) is 28.0 Å². The number of rotatable bonds is 4. The van der Waals surface area contributed by atoms with Crippen LogP contribution in [0.1, 0.15) is 39.5 Å². The molecule has 21 heavy (non-hydrogen) atoms. The van der Waals surface area contributed by atoms with E-state index in [9.17, 15) is 18.9 Å². The Kier molecular flexibility index (Phi) is 37.2. The SMILES string of the molecule is CCCCO.CCCCO.CP(C)(=O)[O-].CP(C)(=O)[O-].[Ti+2]. The third kappa shape index (κ3) is 302. The largest absolute Gasteiger partial charge is 2.00 e. The van der Waals surface area contributed by atoms with Crippen LogP contribution >= 0.6 is 14.7 Å². The molecule has 9 heteroatoms. The molecule has 2 N–H and O–H groups in total. The van der Waals surface area contributed by atoms with Gasteiger partial charge in [0.2, 0.25) is 0 Å². The van der Waals surface area contributed by atoms with Crippen molar-refractivity contribution in [3.63, 3.8) is 0 Å². The van der Waals surface area contributed by atoms with Gasteiger partial charge in [-0.05, 0) is 39.5 Å². The second kappa shape index (κ2) is 23.3. The zero-order chi connectivity index (χ0) is 17.2. The first-order chi connectivity index (χ1) is 8.83. The minimum Gasteiger partial charge on any atom is -0.800 e. The Hall–Kier alpha value is 1.01. The van der Waals surface area contributed by atoms with Crippen LogP contribution in [-0.2, 0) is 30.8 Å². The maximum absolute atomic E-state index is 9.66. The Morgan fingerprint density at radius 2 is 0.905 bits per heavy atom. The van der Waals surface area contributed by atoms with E-state index in [0.717, 1.165) is 25.7 Å². The smallest absolute Gasteiger partial charge is 0.800 e. The first-order valence-electron chi connectivity index (χ1n) is 6.57. The fourth-order valence-corrected chi connectivity index (χ4v) is 0.316. The summed E-state index contributed by atoms with van der Waals surface area (Å²) in [6.07, 6.45) is 4.08. The summed E-state index contributed by atoms with van der Waals surface area (Å²) in [4.78, 5) is 19.3. The predicted octanol–water partition coefficient (Wildman–Crippen LogP) is 1.32. The number of unbranched alkanes of at least 4 members (excludes halogenated alkanes) is 2. The molecule has 0 radical (unpaired) electrons. The van der Waals surface area contributed by atoms with Crippen LogP contribution in [0.4, 0.5) is 0 Å². The molecule has 0 spiro atoms. The molecule has 0 unspecified atom stereocenters. The zero-order valence-corrected chi connectivity index (χ0v) is 17.5. The van der Waals surface area contributed by atoms with Crippen LogP contribution in [0.25, 0.3) is 0 Å². The van der Waals surface area contributed by atoms with Crippen LogP contribution in [0.3, 0.4) is 0 Å². The van der Waals surface area contributed by atoms with Crippen LogP contribution in [0.5, 0.6) is 0 Å². The molecule has 0 aromatic heterocycles. The molecule has 0 aliphatic rings. The van der Waals surface area contributed by atoms with E-state index in [1.54, 1.807) is 0 Å². The van der Waals surface area contributed by atoms with Gasteiger partial charge in [0.05, 0.1) is 0 Å². The fourth-order valence-electron chi connectivity index (χ4n) is 0.316. The van der Waals surface area contributed by atoms with Gasteiger partial charge in [0.25, 0.3) is 0 Å². The van der Waals surface area contributed by atoms with Crippen LogP contribution in [-0.4, -0.2) is 50.1 Å². The van der Waals surface area contributed by atoms with E-state index < -0.39 is 14.7 Å². The van der Waals surface area contributed by atoms with Crippen molar-refractivity contribution in [1.29, 1.82) is 0 Å². The molecular formula is C12H32O6P2Ti. The summed E-state index contributed by atoms with van der Waals surface area (Å²) in [5, 5.41) is 16.1. The van der Waals surface area contributed by atoms with E-state index in [1.165, 1.54) is 26.7 Å². The van der Waals surface area contributed by atoms with Crippen LogP contribution in [0.15, 0.2) is 0 Å². The Morgan fingerprint density at radius 1 is 0.762 bits per heavy atom. The minimum atomic E-state index is -2.89. The second-order valence-electron chi connectivity index (χ2n) is 4.66. The Labute approximate surface area is 145 Å². The molecule has 130 valence electrons. The van der Waals surface area contributed by atoms with E-state index in [2.05, 4.69) is 13.8 Å². The van der Waals surface area contributed by atoms with E-state index >= 15 is 0 Å². The molecule has 0 amide bonds. The Balaban J connectivity index is -0.0000000533. The summed E-state index contributed by atoms with van der Waals surface area (Å²) < 4.78 is 19.3. The van der Waals surface area contributed by atoms with Crippen LogP contribution < -0.4 is 9.79 Å². The van der Waals surface area contributed by atoms with Crippen molar-refractivity contribution in [2.75, 3.05) is 39.9 Å². The summed E-state index contributed by atoms with van der Waals surface area (Å²) in [6.45, 7) is 9.54. The molecule has 0 atom stereocenters. The monoisotopic (exact) mass is 382 g/mol. The van der Waals surface area contributed by atoms with Gasteiger partial charge < -0.3 is 29.1 Å². The molecule has 0 heterocycles. The third-order valence-corrected chi connectivity index (χ3v) is 1.02. The van der Waals surface area contributed by atoms with Gasteiger partial charge in [0.15, 0.2) is 0 Å². The molecule has 0 fully saturated rings. The van der Waals surface area contributed by atoms with Gasteiger partial charge in [-0.1, -0.05) is 26.7 Å². The van der Waals surface area contributed by atoms with E-state index in [4.69, 9.17) is 10.2 Å². The summed E-state index contributed by atoms with van der Waals surface area (Å²) in [7, 11) is -5.78. The maximum atomic E-state index is 9.66. The van der Waals surface area contributed by atoms with E-state index in [0.29, 0.717) is 13.2 Å². The Morgan fingerprint density at radius 3 is 0.905 bits per heavy atom. The van der Waals surface area contributed by atoms with Crippen LogP contribution in [0.2, 0.25) is 0 Å². The normalized spacial score (nSPS) is 9.62. The predicted molar refractivity (Wildman–Crippen MR) is 82.9 cm³/mol. The van der Waals surface area contributed by atoms with Crippen molar-refractivity contribution in [3.05, 3.63) is 0 Å².